The summed E-state index contributed by atoms with van der Waals surface area (Å²) in [5.74, 6) is 0. The summed E-state index contributed by atoms with van der Waals surface area (Å²) in [6, 6.07) is 8.41. The van der Waals surface area contributed by atoms with Crippen molar-refractivity contribution in [2.24, 2.45) is 0 Å². The third-order valence-corrected chi connectivity index (χ3v) is 4.26. The molecule has 0 saturated carbocycles. The maximum atomic E-state index is 4.00. The Morgan fingerprint density at radius 1 is 1.21 bits per heavy atom. The van der Waals surface area contributed by atoms with Gasteiger partial charge in [0.2, 0.25) is 0 Å². The molecule has 2 heteroatoms. The standard InChI is InChI=1S/C20H22BrN.C2H2/c1-5-8-13-20-18(7-3)15(4)19(10-6-2)22(20)17-12-9-11-16(21)14-17;1-2/h5-6,8-14H,1,7H2,2-4H3;1-2H/b10-6-,13-8-;. The van der Waals surface area contributed by atoms with E-state index in [9.17, 15) is 0 Å². The van der Waals surface area contributed by atoms with E-state index in [4.69, 9.17) is 0 Å². The van der Waals surface area contributed by atoms with E-state index in [0.29, 0.717) is 0 Å². The van der Waals surface area contributed by atoms with E-state index in [1.807, 2.05) is 12.2 Å². The van der Waals surface area contributed by atoms with E-state index in [1.54, 1.807) is 0 Å². The molecule has 0 radical (unpaired) electrons. The van der Waals surface area contributed by atoms with Crippen molar-refractivity contribution in [3.8, 4) is 18.5 Å². The van der Waals surface area contributed by atoms with Gasteiger partial charge in [-0.1, -0.05) is 53.7 Å². The molecule has 0 aliphatic heterocycles. The lowest BCUT2D eigenvalue weighted by Crippen LogP contribution is -2.00. The van der Waals surface area contributed by atoms with E-state index < -0.39 is 0 Å². The average Bonchev–Trinajstić information content (AvgIpc) is 2.86. The highest BCUT2D eigenvalue weighted by Crippen LogP contribution is 2.30. The molecule has 0 atom stereocenters. The Morgan fingerprint density at radius 2 is 1.92 bits per heavy atom. The van der Waals surface area contributed by atoms with Gasteiger partial charge in [-0.15, -0.1) is 12.8 Å². The van der Waals surface area contributed by atoms with Crippen LogP contribution in [0.1, 0.15) is 36.4 Å². The van der Waals surface area contributed by atoms with Crippen LogP contribution in [0.2, 0.25) is 0 Å². The minimum Gasteiger partial charge on any atom is -0.310 e. The van der Waals surface area contributed by atoms with Crippen LogP contribution < -0.4 is 0 Å². The van der Waals surface area contributed by atoms with Gasteiger partial charge in [0.15, 0.2) is 0 Å². The summed E-state index contributed by atoms with van der Waals surface area (Å²) in [7, 11) is 0. The maximum Gasteiger partial charge on any atom is 0.0497 e. The number of benzene rings is 1. The lowest BCUT2D eigenvalue weighted by molar-refractivity contribution is 1.02. The highest BCUT2D eigenvalue weighted by molar-refractivity contribution is 9.10. The fourth-order valence-corrected chi connectivity index (χ4v) is 3.20. The number of allylic oxidation sites excluding steroid dienone is 3. The molecule has 0 N–H and O–H groups in total. The second-order valence-electron chi connectivity index (χ2n) is 5.14. The van der Waals surface area contributed by atoms with E-state index in [1.165, 1.54) is 22.5 Å². The maximum absolute atomic E-state index is 4.00. The predicted octanol–water partition coefficient (Wildman–Crippen LogP) is 6.59. The van der Waals surface area contributed by atoms with Gasteiger partial charge < -0.3 is 4.57 Å². The van der Waals surface area contributed by atoms with Crippen molar-refractivity contribution in [2.45, 2.75) is 27.2 Å². The van der Waals surface area contributed by atoms with Crippen molar-refractivity contribution in [1.82, 2.24) is 4.57 Å². The van der Waals surface area contributed by atoms with Crippen molar-refractivity contribution in [1.29, 1.82) is 0 Å². The number of aromatic nitrogens is 1. The second-order valence-corrected chi connectivity index (χ2v) is 6.05. The SMILES string of the molecule is C#C.C=C/C=C\c1c(CC)c(C)c(/C=C\C)n1-c1cccc(Br)c1. The summed E-state index contributed by atoms with van der Waals surface area (Å²) in [6.45, 7) is 10.3. The van der Waals surface area contributed by atoms with Gasteiger partial charge >= 0.3 is 0 Å². The highest BCUT2D eigenvalue weighted by atomic mass is 79.9. The van der Waals surface area contributed by atoms with Crippen molar-refractivity contribution >= 4 is 28.1 Å². The molecule has 1 aromatic carbocycles. The van der Waals surface area contributed by atoms with E-state index in [0.717, 1.165) is 16.6 Å². The molecule has 0 aliphatic carbocycles. The normalized spacial score (nSPS) is 10.8. The van der Waals surface area contributed by atoms with Gasteiger partial charge in [-0.2, -0.15) is 0 Å². The first-order valence-corrected chi connectivity index (χ1v) is 8.68. The Kier molecular flexibility index (Phi) is 8.09. The fraction of sp³-hybridized carbons (Fsp3) is 0.182. The summed E-state index contributed by atoms with van der Waals surface area (Å²) < 4.78 is 3.40. The number of nitrogens with zero attached hydrogens (tertiary/aromatic N) is 1. The van der Waals surface area contributed by atoms with Crippen molar-refractivity contribution in [3.63, 3.8) is 0 Å². The molecule has 0 fully saturated rings. The van der Waals surface area contributed by atoms with Crippen LogP contribution in [0, 0.1) is 19.8 Å². The number of rotatable bonds is 5. The van der Waals surface area contributed by atoms with Crippen LogP contribution in [0.4, 0.5) is 0 Å². The first-order chi connectivity index (χ1) is 11.6. The molecule has 0 spiro atoms. The fourth-order valence-electron chi connectivity index (χ4n) is 2.81. The first kappa shape index (κ1) is 19.8. The molecule has 2 aromatic rings. The molecule has 0 bridgehead atoms. The van der Waals surface area contributed by atoms with Crippen LogP contribution in [0.25, 0.3) is 17.8 Å². The van der Waals surface area contributed by atoms with Crippen LogP contribution in [-0.2, 0) is 6.42 Å². The summed E-state index contributed by atoms with van der Waals surface area (Å²) in [6.07, 6.45) is 19.3. The first-order valence-electron chi connectivity index (χ1n) is 7.89. The van der Waals surface area contributed by atoms with E-state index >= 15 is 0 Å². The number of hydrogen-bond donors (Lipinski definition) is 0. The van der Waals surface area contributed by atoms with Gasteiger partial charge in [-0.25, -0.2) is 0 Å². The molecule has 24 heavy (non-hydrogen) atoms. The monoisotopic (exact) mass is 381 g/mol. The zero-order chi connectivity index (χ0) is 18.1. The Hall–Kier alpha value is -2.24. The Labute approximate surface area is 154 Å². The molecule has 124 valence electrons. The van der Waals surface area contributed by atoms with Gasteiger partial charge in [-0.3, -0.25) is 0 Å². The van der Waals surface area contributed by atoms with Crippen LogP contribution in [0.5, 0.6) is 0 Å². The van der Waals surface area contributed by atoms with Crippen molar-refractivity contribution in [3.05, 3.63) is 76.1 Å². The minimum absolute atomic E-state index is 1.01. The molecule has 1 aromatic heterocycles. The van der Waals surface area contributed by atoms with Crippen LogP contribution in [0.3, 0.4) is 0 Å². The summed E-state index contributed by atoms with van der Waals surface area (Å²) >= 11 is 3.58. The second kappa shape index (κ2) is 9.80. The van der Waals surface area contributed by atoms with Gasteiger partial charge in [0.1, 0.15) is 0 Å². The number of terminal acetylenes is 1. The van der Waals surface area contributed by atoms with Crippen LogP contribution in [-0.4, -0.2) is 4.57 Å². The largest absolute Gasteiger partial charge is 0.310 e. The van der Waals surface area contributed by atoms with Crippen LogP contribution >= 0.6 is 15.9 Å². The molecule has 0 aliphatic rings. The zero-order valence-corrected chi connectivity index (χ0v) is 16.2. The molecule has 0 saturated heterocycles. The average molecular weight is 382 g/mol. The van der Waals surface area contributed by atoms with Crippen molar-refractivity contribution in [2.75, 3.05) is 0 Å². The van der Waals surface area contributed by atoms with Gasteiger partial charge in [0.25, 0.3) is 0 Å². The third-order valence-electron chi connectivity index (χ3n) is 3.76. The van der Waals surface area contributed by atoms with E-state index in [2.05, 4.69) is 103 Å². The molecule has 1 nitrogen and oxygen atoms in total. The zero-order valence-electron chi connectivity index (χ0n) is 14.6. The smallest absolute Gasteiger partial charge is 0.0497 e. The highest BCUT2D eigenvalue weighted by Gasteiger charge is 2.16. The summed E-state index contributed by atoms with van der Waals surface area (Å²) in [4.78, 5) is 0. The summed E-state index contributed by atoms with van der Waals surface area (Å²) in [5, 5.41) is 0. The van der Waals surface area contributed by atoms with Crippen molar-refractivity contribution < 1.29 is 0 Å². The third kappa shape index (κ3) is 4.19. The van der Waals surface area contributed by atoms with E-state index in [-0.39, 0.29) is 0 Å². The van der Waals surface area contributed by atoms with Gasteiger partial charge in [-0.05, 0) is 61.7 Å². The lowest BCUT2D eigenvalue weighted by Gasteiger charge is -2.11. The van der Waals surface area contributed by atoms with Crippen LogP contribution in [0.15, 0.2) is 53.5 Å². The predicted molar refractivity (Wildman–Crippen MR) is 111 cm³/mol. The van der Waals surface area contributed by atoms with Gasteiger partial charge in [0, 0.05) is 21.5 Å². The molecular weight excluding hydrogens is 358 g/mol. The molecule has 0 unspecified atom stereocenters. The van der Waals surface area contributed by atoms with Gasteiger partial charge in [0.05, 0.1) is 0 Å². The Bertz CT molecular complexity index is 773. The summed E-state index contributed by atoms with van der Waals surface area (Å²) in [5.41, 5.74) is 6.34. The minimum atomic E-state index is 1.01. The lowest BCUT2D eigenvalue weighted by atomic mass is 10.1. The topological polar surface area (TPSA) is 4.93 Å². The number of hydrogen-bond acceptors (Lipinski definition) is 0. The number of halogens is 1. The quantitative estimate of drug-likeness (QED) is 0.406. The molecule has 0 amide bonds. The molecule has 2 rings (SSSR count). The Morgan fingerprint density at radius 3 is 2.46 bits per heavy atom. The molecular formula is C22H24BrN. The molecule has 1 heterocycles. The Balaban J connectivity index is 0.00000139.